The number of nitrogen functional groups attached to an aromatic ring is 1. The highest BCUT2D eigenvalue weighted by atomic mass is 35.5. The molecule has 0 aromatic heterocycles. The van der Waals surface area contributed by atoms with E-state index in [9.17, 15) is 16.8 Å². The molecule has 6 nitrogen and oxygen atoms in total. The summed E-state index contributed by atoms with van der Waals surface area (Å²) in [6.07, 6.45) is 2.40. The van der Waals surface area contributed by atoms with Crippen LogP contribution in [0.15, 0.2) is 52.3 Å². The molecule has 0 spiro atoms. The van der Waals surface area contributed by atoms with Crippen molar-refractivity contribution in [3.8, 4) is 0 Å². The van der Waals surface area contributed by atoms with E-state index in [2.05, 4.69) is 4.72 Å². The quantitative estimate of drug-likeness (QED) is 0.709. The van der Waals surface area contributed by atoms with E-state index in [1.165, 1.54) is 31.2 Å². The molecule has 27 heavy (non-hydrogen) atoms. The van der Waals surface area contributed by atoms with Crippen molar-refractivity contribution >= 4 is 38.0 Å². The summed E-state index contributed by atoms with van der Waals surface area (Å²) in [5, 5.41) is 0. The molecule has 1 aliphatic rings. The molecule has 1 unspecified atom stereocenters. The molecule has 0 saturated carbocycles. The van der Waals surface area contributed by atoms with Crippen LogP contribution in [0.25, 0.3) is 0 Å². The Bertz CT molecular complexity index is 1040. The number of nitrogens with two attached hydrogens (primary N) is 1. The molecule has 0 aliphatic heterocycles. The summed E-state index contributed by atoms with van der Waals surface area (Å²) in [4.78, 5) is -0.0331. The molecular weight excluding hydrogens is 408 g/mol. The van der Waals surface area contributed by atoms with E-state index < -0.39 is 19.9 Å². The van der Waals surface area contributed by atoms with E-state index >= 15 is 0 Å². The number of aryl methyl sites for hydroxylation is 1. The lowest BCUT2D eigenvalue weighted by Crippen LogP contribution is -2.31. The van der Waals surface area contributed by atoms with E-state index in [1.807, 2.05) is 12.1 Å². The zero-order chi connectivity index (χ0) is 18.9. The van der Waals surface area contributed by atoms with Crippen molar-refractivity contribution in [3.63, 3.8) is 0 Å². The molecule has 2 aromatic rings. The first kappa shape index (κ1) is 21.7. The number of rotatable bonds is 5. The van der Waals surface area contributed by atoms with E-state index in [0.29, 0.717) is 12.1 Å². The largest absolute Gasteiger partial charge is 0.399 e. The summed E-state index contributed by atoms with van der Waals surface area (Å²) in [6.45, 7) is 1.53. The third-order valence-corrected chi connectivity index (χ3v) is 7.84. The van der Waals surface area contributed by atoms with Gasteiger partial charge in [-0.05, 0) is 60.7 Å². The maximum atomic E-state index is 12.8. The zero-order valence-electron chi connectivity index (χ0n) is 14.9. The molecule has 2 aromatic carbocycles. The molecule has 0 fully saturated rings. The Kier molecular flexibility index (Phi) is 6.57. The van der Waals surface area contributed by atoms with Crippen molar-refractivity contribution in [2.24, 2.45) is 0 Å². The van der Waals surface area contributed by atoms with Gasteiger partial charge in [-0.25, -0.2) is 21.6 Å². The summed E-state index contributed by atoms with van der Waals surface area (Å²) in [5.74, 6) is -0.0820. The molecule has 9 heteroatoms. The molecule has 0 heterocycles. The smallest absolute Gasteiger partial charge is 0.241 e. The van der Waals surface area contributed by atoms with Gasteiger partial charge >= 0.3 is 0 Å². The van der Waals surface area contributed by atoms with Gasteiger partial charge in [-0.15, -0.1) is 12.4 Å². The Balaban J connectivity index is 0.00000261. The first-order chi connectivity index (χ1) is 12.2. The molecule has 1 aliphatic carbocycles. The Labute approximate surface area is 166 Å². The lowest BCUT2D eigenvalue weighted by Gasteiger charge is -2.26. The molecule has 3 rings (SSSR count). The molecule has 1 atom stereocenters. The van der Waals surface area contributed by atoms with Crippen molar-refractivity contribution in [1.29, 1.82) is 0 Å². The number of hydrogen-bond donors (Lipinski definition) is 2. The van der Waals surface area contributed by atoms with E-state index in [0.717, 1.165) is 24.0 Å². The van der Waals surface area contributed by atoms with Gasteiger partial charge in [-0.3, -0.25) is 0 Å². The second kappa shape index (κ2) is 8.18. The fourth-order valence-corrected chi connectivity index (χ4v) is 5.51. The average molecular weight is 431 g/mol. The van der Waals surface area contributed by atoms with Gasteiger partial charge < -0.3 is 5.73 Å². The fourth-order valence-electron chi connectivity index (χ4n) is 3.21. The van der Waals surface area contributed by atoms with Crippen molar-refractivity contribution < 1.29 is 16.8 Å². The van der Waals surface area contributed by atoms with Crippen LogP contribution in [-0.4, -0.2) is 22.6 Å². The van der Waals surface area contributed by atoms with Crippen LogP contribution in [0.1, 0.15) is 36.9 Å². The van der Waals surface area contributed by atoms with Crippen LogP contribution in [-0.2, 0) is 26.3 Å². The van der Waals surface area contributed by atoms with E-state index in [4.69, 9.17) is 5.73 Å². The maximum absolute atomic E-state index is 12.8. The monoisotopic (exact) mass is 430 g/mol. The Hall–Kier alpha value is -1.61. The van der Waals surface area contributed by atoms with Gasteiger partial charge in [-0.1, -0.05) is 19.1 Å². The lowest BCUT2D eigenvalue weighted by atomic mass is 9.88. The van der Waals surface area contributed by atoms with Crippen molar-refractivity contribution in [1.82, 2.24) is 4.72 Å². The van der Waals surface area contributed by atoms with Gasteiger partial charge in [0.05, 0.1) is 15.5 Å². The van der Waals surface area contributed by atoms with Crippen LogP contribution in [0.2, 0.25) is 0 Å². The number of sulfone groups is 1. The summed E-state index contributed by atoms with van der Waals surface area (Å²) < 4.78 is 52.4. The van der Waals surface area contributed by atoms with Crippen molar-refractivity contribution in [3.05, 3.63) is 53.6 Å². The number of nitrogens with one attached hydrogen (secondary N) is 1. The van der Waals surface area contributed by atoms with Gasteiger partial charge in [0.1, 0.15) is 0 Å². The Morgan fingerprint density at radius 3 is 2.48 bits per heavy atom. The fraction of sp³-hybridized carbons (Fsp3) is 0.333. The predicted molar refractivity (Wildman–Crippen MR) is 108 cm³/mol. The molecule has 3 N–H and O–H groups in total. The van der Waals surface area contributed by atoms with E-state index in [-0.39, 0.29) is 34.0 Å². The van der Waals surface area contributed by atoms with Crippen molar-refractivity contribution in [2.45, 2.75) is 42.0 Å². The Morgan fingerprint density at radius 2 is 1.78 bits per heavy atom. The average Bonchev–Trinajstić information content (AvgIpc) is 2.61. The summed E-state index contributed by atoms with van der Waals surface area (Å²) in [5.41, 5.74) is 8.45. The molecule has 148 valence electrons. The van der Waals surface area contributed by atoms with Crippen LogP contribution >= 0.6 is 12.4 Å². The van der Waals surface area contributed by atoms with Gasteiger partial charge in [0.15, 0.2) is 9.84 Å². The van der Waals surface area contributed by atoms with Gasteiger partial charge in [-0.2, -0.15) is 0 Å². The highest BCUT2D eigenvalue weighted by Gasteiger charge is 2.26. The standard InChI is InChI=1S/C18H22N2O4S2.ClH/c1-2-25(21,22)15-6-4-7-16(12-15)26(23,24)20-18-8-3-5-13-11-14(19)9-10-17(13)18;/h4,6-7,9-12,18,20H,2-3,5,8,19H2,1H3;1H. The second-order valence-corrected chi connectivity index (χ2v) is 10.4. The maximum Gasteiger partial charge on any atom is 0.241 e. The first-order valence-corrected chi connectivity index (χ1v) is 11.6. The normalized spacial score (nSPS) is 17.0. The first-order valence-electron chi connectivity index (χ1n) is 8.46. The van der Waals surface area contributed by atoms with Gasteiger partial charge in [0, 0.05) is 11.7 Å². The minimum absolute atomic E-state index is 0. The third-order valence-electron chi connectivity index (χ3n) is 4.63. The molecule has 0 bridgehead atoms. The number of fused-ring (bicyclic) bond motifs is 1. The van der Waals surface area contributed by atoms with Crippen LogP contribution in [0, 0.1) is 0 Å². The third kappa shape index (κ3) is 4.63. The lowest BCUT2D eigenvalue weighted by molar-refractivity contribution is 0.507. The summed E-state index contributed by atoms with van der Waals surface area (Å²) in [7, 11) is -7.32. The molecular formula is C18H23ClN2O4S2. The van der Waals surface area contributed by atoms with Crippen LogP contribution in [0.3, 0.4) is 0 Å². The van der Waals surface area contributed by atoms with Gasteiger partial charge in [0.25, 0.3) is 0 Å². The van der Waals surface area contributed by atoms with Crippen LogP contribution in [0.5, 0.6) is 0 Å². The minimum atomic E-state index is -3.85. The number of anilines is 1. The number of sulfonamides is 1. The summed E-state index contributed by atoms with van der Waals surface area (Å²) >= 11 is 0. The minimum Gasteiger partial charge on any atom is -0.399 e. The van der Waals surface area contributed by atoms with Crippen molar-refractivity contribution in [2.75, 3.05) is 11.5 Å². The summed E-state index contributed by atoms with van der Waals surface area (Å²) in [6, 6.07) is 10.6. The van der Waals surface area contributed by atoms with Crippen LogP contribution < -0.4 is 10.5 Å². The highest BCUT2D eigenvalue weighted by molar-refractivity contribution is 7.91. The van der Waals surface area contributed by atoms with Crippen LogP contribution in [0.4, 0.5) is 5.69 Å². The predicted octanol–water partition coefficient (Wildman–Crippen LogP) is 2.84. The highest BCUT2D eigenvalue weighted by Crippen LogP contribution is 2.32. The second-order valence-electron chi connectivity index (χ2n) is 6.40. The Morgan fingerprint density at radius 1 is 1.07 bits per heavy atom. The zero-order valence-corrected chi connectivity index (χ0v) is 17.3. The van der Waals surface area contributed by atoms with E-state index in [1.54, 1.807) is 6.07 Å². The number of hydrogen-bond acceptors (Lipinski definition) is 5. The molecule has 0 amide bonds. The molecule has 0 saturated heterocycles. The number of halogens is 1. The number of benzene rings is 2. The van der Waals surface area contributed by atoms with Gasteiger partial charge in [0.2, 0.25) is 10.0 Å². The topological polar surface area (TPSA) is 106 Å². The molecule has 0 radical (unpaired) electrons. The SMILES string of the molecule is CCS(=O)(=O)c1cccc(S(=O)(=O)NC2CCCc3cc(N)ccc32)c1.Cl.